The molecular formula is C30H36ClN3O4S. The first-order valence-corrected chi connectivity index (χ1v) is 15.1. The van der Waals surface area contributed by atoms with E-state index in [1.165, 1.54) is 4.90 Å². The van der Waals surface area contributed by atoms with E-state index in [2.05, 4.69) is 5.32 Å². The minimum absolute atomic E-state index is 0.0796. The zero-order valence-corrected chi connectivity index (χ0v) is 24.4. The highest BCUT2D eigenvalue weighted by Crippen LogP contribution is 2.22. The van der Waals surface area contributed by atoms with Crippen LogP contribution >= 0.6 is 11.6 Å². The van der Waals surface area contributed by atoms with Crippen molar-refractivity contribution < 1.29 is 18.0 Å². The van der Waals surface area contributed by atoms with Crippen molar-refractivity contribution in [2.75, 3.05) is 17.1 Å². The van der Waals surface area contributed by atoms with E-state index in [0.717, 1.165) is 33.7 Å². The molecule has 0 saturated heterocycles. The fourth-order valence-corrected chi connectivity index (χ4v) is 5.28. The lowest BCUT2D eigenvalue weighted by atomic mass is 10.0. The van der Waals surface area contributed by atoms with E-state index >= 15 is 0 Å². The average molecular weight is 570 g/mol. The number of rotatable bonds is 12. The van der Waals surface area contributed by atoms with E-state index in [4.69, 9.17) is 11.6 Å². The van der Waals surface area contributed by atoms with Gasteiger partial charge in [-0.1, -0.05) is 73.1 Å². The summed E-state index contributed by atoms with van der Waals surface area (Å²) >= 11 is 6.24. The van der Waals surface area contributed by atoms with Crippen LogP contribution in [-0.4, -0.2) is 50.0 Å². The predicted octanol–water partition coefficient (Wildman–Crippen LogP) is 4.97. The number of sulfonamides is 1. The van der Waals surface area contributed by atoms with Gasteiger partial charge < -0.3 is 10.2 Å². The Morgan fingerprint density at radius 3 is 2.23 bits per heavy atom. The number of hydrogen-bond acceptors (Lipinski definition) is 4. The van der Waals surface area contributed by atoms with Crippen LogP contribution in [0.1, 0.15) is 37.0 Å². The Morgan fingerprint density at radius 2 is 1.62 bits per heavy atom. The molecule has 0 unspecified atom stereocenters. The zero-order chi connectivity index (χ0) is 28.6. The molecule has 0 aliphatic rings. The third-order valence-electron chi connectivity index (χ3n) is 6.48. The van der Waals surface area contributed by atoms with E-state index < -0.39 is 28.5 Å². The summed E-state index contributed by atoms with van der Waals surface area (Å²) in [6, 6.07) is 22.5. The average Bonchev–Trinajstić information content (AvgIpc) is 2.89. The molecule has 0 saturated carbocycles. The second-order valence-electron chi connectivity index (χ2n) is 9.78. The Balaban J connectivity index is 2.06. The molecule has 2 amide bonds. The number of benzene rings is 3. The Morgan fingerprint density at radius 1 is 0.949 bits per heavy atom. The van der Waals surface area contributed by atoms with Crippen molar-refractivity contribution in [1.82, 2.24) is 10.2 Å². The summed E-state index contributed by atoms with van der Waals surface area (Å²) in [5.74, 6) is -0.799. The lowest BCUT2D eigenvalue weighted by Crippen LogP contribution is -2.54. The number of carbonyl (C=O) groups excluding carboxylic acids is 2. The molecule has 0 fully saturated rings. The molecule has 39 heavy (non-hydrogen) atoms. The van der Waals surface area contributed by atoms with Crippen LogP contribution in [0.5, 0.6) is 0 Å². The van der Waals surface area contributed by atoms with E-state index in [-0.39, 0.29) is 24.9 Å². The smallest absolute Gasteiger partial charge is 0.244 e. The van der Waals surface area contributed by atoms with E-state index in [9.17, 15) is 18.0 Å². The second-order valence-corrected chi connectivity index (χ2v) is 12.1. The van der Waals surface area contributed by atoms with Crippen molar-refractivity contribution in [3.05, 3.63) is 101 Å². The number of aryl methyl sites for hydroxylation is 1. The highest BCUT2D eigenvalue weighted by molar-refractivity contribution is 7.92. The standard InChI is InChI=1S/C30H36ClN3O4S/c1-5-23(3)32-30(36)28(19-24-12-7-6-8-13-24)33(20-25-14-10-15-26(31)18-25)29(35)21-34(39(4,37)38)27-16-9-11-22(2)17-27/h6-18,23,28H,5,19-21H2,1-4H3,(H,32,36)/t23-,28+/m0/s1. The van der Waals surface area contributed by atoms with Crippen molar-refractivity contribution in [2.45, 2.75) is 52.2 Å². The number of hydrogen-bond donors (Lipinski definition) is 1. The number of halogens is 1. The SMILES string of the molecule is CC[C@H](C)NC(=O)[C@@H](Cc1ccccc1)N(Cc1cccc(Cl)c1)C(=O)CN(c1cccc(C)c1)S(C)(=O)=O. The van der Waals surface area contributed by atoms with Crippen LogP contribution in [0.25, 0.3) is 0 Å². The molecule has 3 aromatic carbocycles. The molecule has 2 atom stereocenters. The number of anilines is 1. The van der Waals surface area contributed by atoms with Crippen molar-refractivity contribution in [2.24, 2.45) is 0 Å². The zero-order valence-electron chi connectivity index (χ0n) is 22.8. The second kappa shape index (κ2) is 13.6. The molecule has 208 valence electrons. The van der Waals surface area contributed by atoms with Crippen LogP contribution in [0.2, 0.25) is 5.02 Å². The number of nitrogens with one attached hydrogen (secondary N) is 1. The third-order valence-corrected chi connectivity index (χ3v) is 7.86. The monoisotopic (exact) mass is 569 g/mol. The van der Waals surface area contributed by atoms with Crippen LogP contribution in [-0.2, 0) is 32.6 Å². The van der Waals surface area contributed by atoms with E-state index in [1.807, 2.05) is 63.2 Å². The third kappa shape index (κ3) is 8.83. The summed E-state index contributed by atoms with van der Waals surface area (Å²) in [6.07, 6.45) is 2.06. The maximum absolute atomic E-state index is 14.0. The maximum Gasteiger partial charge on any atom is 0.244 e. The molecule has 9 heteroatoms. The van der Waals surface area contributed by atoms with Crippen molar-refractivity contribution >= 4 is 39.1 Å². The normalized spacial score (nSPS) is 12.8. The largest absolute Gasteiger partial charge is 0.352 e. The van der Waals surface area contributed by atoms with Gasteiger partial charge in [0.1, 0.15) is 12.6 Å². The summed E-state index contributed by atoms with van der Waals surface area (Å²) in [6.45, 7) is 5.36. The quantitative estimate of drug-likeness (QED) is 0.334. The van der Waals surface area contributed by atoms with Gasteiger partial charge in [0, 0.05) is 24.0 Å². The first kappa shape index (κ1) is 30.2. The fourth-order valence-electron chi connectivity index (χ4n) is 4.22. The van der Waals surface area contributed by atoms with Crippen LogP contribution in [0.15, 0.2) is 78.9 Å². The lowest BCUT2D eigenvalue weighted by Gasteiger charge is -2.34. The van der Waals surface area contributed by atoms with Gasteiger partial charge in [0.15, 0.2) is 0 Å². The van der Waals surface area contributed by atoms with Gasteiger partial charge in [-0.05, 0) is 61.2 Å². The number of amides is 2. The van der Waals surface area contributed by atoms with Crippen molar-refractivity contribution in [3.63, 3.8) is 0 Å². The molecule has 3 aromatic rings. The molecule has 0 bridgehead atoms. The van der Waals surface area contributed by atoms with Crippen LogP contribution in [0, 0.1) is 6.92 Å². The Bertz CT molecular complexity index is 1380. The van der Waals surface area contributed by atoms with E-state index in [1.54, 1.807) is 36.4 Å². The fraction of sp³-hybridized carbons (Fsp3) is 0.333. The van der Waals surface area contributed by atoms with Gasteiger partial charge in [0.05, 0.1) is 11.9 Å². The van der Waals surface area contributed by atoms with Gasteiger partial charge in [-0.15, -0.1) is 0 Å². The molecule has 0 aliphatic carbocycles. The lowest BCUT2D eigenvalue weighted by molar-refractivity contribution is -0.140. The summed E-state index contributed by atoms with van der Waals surface area (Å²) in [5.41, 5.74) is 2.85. The van der Waals surface area contributed by atoms with Crippen LogP contribution < -0.4 is 9.62 Å². The maximum atomic E-state index is 14.0. The van der Waals surface area contributed by atoms with E-state index in [0.29, 0.717) is 10.7 Å². The Kier molecular flexibility index (Phi) is 10.5. The van der Waals surface area contributed by atoms with Crippen molar-refractivity contribution in [1.29, 1.82) is 0 Å². The van der Waals surface area contributed by atoms with Gasteiger partial charge >= 0.3 is 0 Å². The molecule has 7 nitrogen and oxygen atoms in total. The molecule has 0 aliphatic heterocycles. The molecule has 0 spiro atoms. The topological polar surface area (TPSA) is 86.8 Å². The van der Waals surface area contributed by atoms with Gasteiger partial charge in [-0.2, -0.15) is 0 Å². The molecule has 1 N–H and O–H groups in total. The Hall–Kier alpha value is -3.36. The summed E-state index contributed by atoms with van der Waals surface area (Å²) in [4.78, 5) is 29.2. The molecule has 0 heterocycles. The van der Waals surface area contributed by atoms with Crippen molar-refractivity contribution in [3.8, 4) is 0 Å². The van der Waals surface area contributed by atoms with Gasteiger partial charge in [-0.3, -0.25) is 13.9 Å². The predicted molar refractivity (Wildman–Crippen MR) is 157 cm³/mol. The molecular weight excluding hydrogens is 534 g/mol. The molecule has 0 aromatic heterocycles. The summed E-state index contributed by atoms with van der Waals surface area (Å²) < 4.78 is 26.8. The highest BCUT2D eigenvalue weighted by atomic mass is 35.5. The number of nitrogens with zero attached hydrogens (tertiary/aromatic N) is 2. The number of carbonyl (C=O) groups is 2. The first-order valence-electron chi connectivity index (χ1n) is 12.9. The highest BCUT2D eigenvalue weighted by Gasteiger charge is 2.33. The molecule has 0 radical (unpaired) electrons. The minimum Gasteiger partial charge on any atom is -0.352 e. The van der Waals surface area contributed by atoms with Crippen LogP contribution in [0.4, 0.5) is 5.69 Å². The van der Waals surface area contributed by atoms with Crippen LogP contribution in [0.3, 0.4) is 0 Å². The molecule has 3 rings (SSSR count). The Labute approximate surface area is 236 Å². The van der Waals surface area contributed by atoms with Gasteiger partial charge in [0.2, 0.25) is 21.8 Å². The van der Waals surface area contributed by atoms with Gasteiger partial charge in [0.25, 0.3) is 0 Å². The summed E-state index contributed by atoms with van der Waals surface area (Å²) in [7, 11) is -3.81. The minimum atomic E-state index is -3.81. The summed E-state index contributed by atoms with van der Waals surface area (Å²) in [5, 5.41) is 3.52. The van der Waals surface area contributed by atoms with Gasteiger partial charge in [-0.25, -0.2) is 8.42 Å². The first-order chi connectivity index (χ1) is 18.5.